The molecule has 1 aliphatic rings. The largest absolute Gasteiger partial charge is 0.490 e. The van der Waals surface area contributed by atoms with Crippen LogP contribution in [-0.4, -0.2) is 18.5 Å². The highest BCUT2D eigenvalue weighted by atomic mass is 19.1. The molecule has 0 radical (unpaired) electrons. The van der Waals surface area contributed by atoms with E-state index >= 15 is 0 Å². The van der Waals surface area contributed by atoms with Crippen molar-refractivity contribution >= 4 is 17.9 Å². The van der Waals surface area contributed by atoms with Crippen molar-refractivity contribution in [1.29, 1.82) is 0 Å². The molecule has 0 bridgehead atoms. The van der Waals surface area contributed by atoms with Crippen LogP contribution in [0.1, 0.15) is 48.9 Å². The SMILES string of the molecule is CCOc1cc(/C=C2\N=C(c3ccc(C(C)C)cc3)OC2=O)ccc1OCc1ccccc1F. The van der Waals surface area contributed by atoms with Gasteiger partial charge in [0.1, 0.15) is 12.4 Å². The number of ether oxygens (including phenoxy) is 3. The van der Waals surface area contributed by atoms with Gasteiger partial charge in [-0.25, -0.2) is 14.2 Å². The second-order valence-corrected chi connectivity index (χ2v) is 8.13. The molecule has 0 atom stereocenters. The first-order chi connectivity index (χ1) is 16.4. The smallest absolute Gasteiger partial charge is 0.363 e. The number of carbonyl (C=O) groups is 1. The Bertz CT molecular complexity index is 1250. The lowest BCUT2D eigenvalue weighted by atomic mass is 10.0. The zero-order chi connectivity index (χ0) is 24.1. The van der Waals surface area contributed by atoms with E-state index in [4.69, 9.17) is 14.2 Å². The van der Waals surface area contributed by atoms with Crippen molar-refractivity contribution in [3.63, 3.8) is 0 Å². The average Bonchev–Trinajstić information content (AvgIpc) is 3.20. The Labute approximate surface area is 198 Å². The monoisotopic (exact) mass is 459 g/mol. The maximum Gasteiger partial charge on any atom is 0.363 e. The van der Waals surface area contributed by atoms with Crippen LogP contribution in [0.2, 0.25) is 0 Å². The van der Waals surface area contributed by atoms with Gasteiger partial charge in [-0.3, -0.25) is 0 Å². The number of cyclic esters (lactones) is 1. The first kappa shape index (κ1) is 23.2. The molecular weight excluding hydrogens is 433 g/mol. The number of halogens is 1. The van der Waals surface area contributed by atoms with Crippen LogP contribution in [0.3, 0.4) is 0 Å². The lowest BCUT2D eigenvalue weighted by molar-refractivity contribution is -0.129. The second kappa shape index (κ2) is 10.3. The molecule has 0 aliphatic carbocycles. The first-order valence-corrected chi connectivity index (χ1v) is 11.2. The minimum atomic E-state index is -0.513. The molecule has 0 spiro atoms. The highest BCUT2D eigenvalue weighted by molar-refractivity contribution is 6.12. The fraction of sp³-hybridized carbons (Fsp3) is 0.214. The summed E-state index contributed by atoms with van der Waals surface area (Å²) in [5.74, 6) is 0.829. The van der Waals surface area contributed by atoms with Crippen molar-refractivity contribution in [2.45, 2.75) is 33.3 Å². The van der Waals surface area contributed by atoms with Gasteiger partial charge < -0.3 is 14.2 Å². The van der Waals surface area contributed by atoms with E-state index in [2.05, 4.69) is 18.8 Å². The van der Waals surface area contributed by atoms with Crippen LogP contribution in [0.5, 0.6) is 11.5 Å². The van der Waals surface area contributed by atoms with Gasteiger partial charge in [0.2, 0.25) is 5.90 Å². The minimum absolute atomic E-state index is 0.0722. The molecule has 0 saturated carbocycles. The Morgan fingerprint density at radius 2 is 1.76 bits per heavy atom. The third kappa shape index (κ3) is 5.34. The molecule has 3 aromatic carbocycles. The summed E-state index contributed by atoms with van der Waals surface area (Å²) in [7, 11) is 0. The number of benzene rings is 3. The quantitative estimate of drug-likeness (QED) is 0.294. The summed E-state index contributed by atoms with van der Waals surface area (Å²) < 4.78 is 30.8. The Hall–Kier alpha value is -3.93. The van der Waals surface area contributed by atoms with E-state index in [0.717, 1.165) is 5.56 Å². The predicted octanol–water partition coefficient (Wildman–Crippen LogP) is 6.27. The molecule has 0 fully saturated rings. The van der Waals surface area contributed by atoms with Crippen molar-refractivity contribution < 1.29 is 23.4 Å². The summed E-state index contributed by atoms with van der Waals surface area (Å²) in [5.41, 5.74) is 3.30. The van der Waals surface area contributed by atoms with Gasteiger partial charge in [0, 0.05) is 11.1 Å². The van der Waals surface area contributed by atoms with Crippen LogP contribution in [0.15, 0.2) is 77.4 Å². The van der Waals surface area contributed by atoms with E-state index in [1.165, 1.54) is 11.6 Å². The van der Waals surface area contributed by atoms with Crippen LogP contribution in [-0.2, 0) is 16.1 Å². The summed E-state index contributed by atoms with van der Waals surface area (Å²) in [6.45, 7) is 6.60. The normalized spacial score (nSPS) is 14.3. The van der Waals surface area contributed by atoms with E-state index in [9.17, 15) is 9.18 Å². The van der Waals surface area contributed by atoms with E-state index in [0.29, 0.717) is 35.2 Å². The van der Waals surface area contributed by atoms with E-state index < -0.39 is 5.97 Å². The molecule has 174 valence electrons. The van der Waals surface area contributed by atoms with Crippen molar-refractivity contribution in [2.75, 3.05) is 6.61 Å². The molecule has 3 aromatic rings. The number of esters is 1. The van der Waals surface area contributed by atoms with Crippen LogP contribution in [0.4, 0.5) is 4.39 Å². The van der Waals surface area contributed by atoms with Crippen molar-refractivity contribution in [3.8, 4) is 11.5 Å². The van der Waals surface area contributed by atoms with Crippen molar-refractivity contribution in [3.05, 3.63) is 100 Å². The number of hydrogen-bond acceptors (Lipinski definition) is 5. The lowest BCUT2D eigenvalue weighted by Gasteiger charge is -2.13. The van der Waals surface area contributed by atoms with Gasteiger partial charge >= 0.3 is 5.97 Å². The van der Waals surface area contributed by atoms with Crippen LogP contribution in [0, 0.1) is 5.82 Å². The third-order valence-corrected chi connectivity index (χ3v) is 5.36. The highest BCUT2D eigenvalue weighted by Gasteiger charge is 2.24. The summed E-state index contributed by atoms with van der Waals surface area (Å²) in [6, 6.07) is 19.5. The van der Waals surface area contributed by atoms with Gasteiger partial charge in [-0.05, 0) is 60.4 Å². The fourth-order valence-corrected chi connectivity index (χ4v) is 3.47. The lowest BCUT2D eigenvalue weighted by Crippen LogP contribution is -2.05. The summed E-state index contributed by atoms with van der Waals surface area (Å²) in [6.07, 6.45) is 1.64. The number of rotatable bonds is 8. The molecule has 1 aliphatic heterocycles. The molecule has 0 unspecified atom stereocenters. The van der Waals surface area contributed by atoms with Crippen molar-refractivity contribution in [1.82, 2.24) is 0 Å². The van der Waals surface area contributed by atoms with Gasteiger partial charge in [0.05, 0.1) is 6.61 Å². The molecule has 0 aromatic heterocycles. The summed E-state index contributed by atoms with van der Waals surface area (Å²) in [4.78, 5) is 16.8. The maximum atomic E-state index is 13.9. The molecule has 0 saturated heterocycles. The summed E-state index contributed by atoms with van der Waals surface area (Å²) in [5, 5.41) is 0. The number of nitrogens with zero attached hydrogens (tertiary/aromatic N) is 1. The molecule has 34 heavy (non-hydrogen) atoms. The van der Waals surface area contributed by atoms with E-state index in [-0.39, 0.29) is 24.0 Å². The van der Waals surface area contributed by atoms with Crippen molar-refractivity contribution in [2.24, 2.45) is 4.99 Å². The second-order valence-electron chi connectivity index (χ2n) is 8.13. The minimum Gasteiger partial charge on any atom is -0.490 e. The molecule has 1 heterocycles. The highest BCUT2D eigenvalue weighted by Crippen LogP contribution is 2.31. The number of hydrogen-bond donors (Lipinski definition) is 0. The van der Waals surface area contributed by atoms with Gasteiger partial charge in [0.15, 0.2) is 17.2 Å². The van der Waals surface area contributed by atoms with Gasteiger partial charge in [0.25, 0.3) is 0 Å². The van der Waals surface area contributed by atoms with Crippen LogP contribution < -0.4 is 9.47 Å². The van der Waals surface area contributed by atoms with Gasteiger partial charge in [-0.15, -0.1) is 0 Å². The van der Waals surface area contributed by atoms with E-state index in [1.54, 1.807) is 42.5 Å². The Morgan fingerprint density at radius 3 is 2.47 bits per heavy atom. The molecule has 0 amide bonds. The fourth-order valence-electron chi connectivity index (χ4n) is 3.47. The third-order valence-electron chi connectivity index (χ3n) is 5.36. The van der Waals surface area contributed by atoms with Crippen LogP contribution in [0.25, 0.3) is 6.08 Å². The standard InChI is InChI=1S/C28H26FNO4/c1-4-32-26-16-19(9-14-25(26)33-17-22-7-5-6-8-23(22)29)15-24-28(31)34-27(30-24)21-12-10-20(11-13-21)18(2)3/h5-16,18H,4,17H2,1-3H3/b24-15-. The average molecular weight is 460 g/mol. The van der Waals surface area contributed by atoms with E-state index in [1.807, 2.05) is 31.2 Å². The topological polar surface area (TPSA) is 57.1 Å². The maximum absolute atomic E-state index is 13.9. The Balaban J connectivity index is 1.55. The first-order valence-electron chi connectivity index (χ1n) is 11.2. The molecule has 0 N–H and O–H groups in total. The Kier molecular flexibility index (Phi) is 7.07. The molecule has 4 rings (SSSR count). The summed E-state index contributed by atoms with van der Waals surface area (Å²) >= 11 is 0. The van der Waals surface area contributed by atoms with Gasteiger partial charge in [-0.2, -0.15) is 0 Å². The molecule has 5 nitrogen and oxygen atoms in total. The molecule has 6 heteroatoms. The van der Waals surface area contributed by atoms with Gasteiger partial charge in [-0.1, -0.05) is 50.2 Å². The molecular formula is C28H26FNO4. The number of carbonyl (C=O) groups excluding carboxylic acids is 1. The zero-order valence-electron chi connectivity index (χ0n) is 19.4. The predicted molar refractivity (Wildman–Crippen MR) is 129 cm³/mol. The Morgan fingerprint density at radius 1 is 1.00 bits per heavy atom. The number of aliphatic imine (C=N–C) groups is 1. The van der Waals surface area contributed by atoms with Crippen LogP contribution >= 0.6 is 0 Å². The zero-order valence-corrected chi connectivity index (χ0v) is 19.4.